The Morgan fingerprint density at radius 1 is 1.10 bits per heavy atom. The van der Waals surface area contributed by atoms with Crippen LogP contribution in [0, 0.1) is 11.8 Å². The second-order valence-electron chi connectivity index (χ2n) is 4.52. The van der Waals surface area contributed by atoms with E-state index in [0.717, 1.165) is 22.4 Å². The maximum Gasteiger partial charge on any atom is 0.134 e. The zero-order valence-electron chi connectivity index (χ0n) is 11.6. The third-order valence-corrected chi connectivity index (χ3v) is 2.87. The molecule has 0 aliphatic heterocycles. The molecule has 0 radical (unpaired) electrons. The highest BCUT2D eigenvalue weighted by molar-refractivity contribution is 5.79. The highest BCUT2D eigenvalue weighted by Crippen LogP contribution is 2.18. The van der Waals surface area contributed by atoms with Gasteiger partial charge in [-0.2, -0.15) is 0 Å². The number of hydrogen-bond donors (Lipinski definition) is 0. The van der Waals surface area contributed by atoms with Gasteiger partial charge in [0.1, 0.15) is 11.5 Å². The highest BCUT2D eigenvalue weighted by Gasteiger charge is 2.05. The number of rotatable bonds is 3. The van der Waals surface area contributed by atoms with Crippen LogP contribution in [0.5, 0.6) is 5.75 Å². The first-order valence-electron chi connectivity index (χ1n) is 6.42. The van der Waals surface area contributed by atoms with Crippen LogP contribution in [0.1, 0.15) is 23.6 Å². The molecule has 0 saturated heterocycles. The van der Waals surface area contributed by atoms with E-state index in [-0.39, 0.29) is 5.78 Å². The van der Waals surface area contributed by atoms with Gasteiger partial charge in [-0.1, -0.05) is 30.0 Å². The first-order chi connectivity index (χ1) is 9.69. The first-order valence-corrected chi connectivity index (χ1v) is 6.42. The number of methoxy groups -OCH3 is 1. The Morgan fingerprint density at radius 3 is 2.50 bits per heavy atom. The molecule has 0 aromatic heterocycles. The average Bonchev–Trinajstić information content (AvgIpc) is 2.46. The topological polar surface area (TPSA) is 26.3 Å². The molecule has 0 N–H and O–H groups in total. The van der Waals surface area contributed by atoms with Gasteiger partial charge in [0.05, 0.1) is 7.11 Å². The fourth-order valence-electron chi connectivity index (χ4n) is 1.89. The number of ketones is 1. The predicted octanol–water partition coefficient (Wildman–Crippen LogP) is 3.23. The zero-order valence-corrected chi connectivity index (χ0v) is 11.6. The van der Waals surface area contributed by atoms with Crippen molar-refractivity contribution in [3.05, 3.63) is 65.2 Å². The van der Waals surface area contributed by atoms with Gasteiger partial charge in [0.15, 0.2) is 0 Å². The summed E-state index contributed by atoms with van der Waals surface area (Å²) in [6.07, 6.45) is 0.371. The largest absolute Gasteiger partial charge is 0.497 e. The molecule has 0 bridgehead atoms. The summed E-state index contributed by atoms with van der Waals surface area (Å²) < 4.78 is 5.19. The number of hydrogen-bond acceptors (Lipinski definition) is 2. The lowest BCUT2D eigenvalue weighted by Gasteiger charge is -2.05. The molecule has 2 rings (SSSR count). The number of carbonyl (C=O) groups excluding carboxylic acids is 1. The second-order valence-corrected chi connectivity index (χ2v) is 4.52. The van der Waals surface area contributed by atoms with Crippen molar-refractivity contribution >= 4 is 5.78 Å². The summed E-state index contributed by atoms with van der Waals surface area (Å²) in [5.74, 6) is 7.09. The van der Waals surface area contributed by atoms with E-state index >= 15 is 0 Å². The Morgan fingerprint density at radius 2 is 1.85 bits per heavy atom. The third-order valence-electron chi connectivity index (χ3n) is 2.87. The number of benzene rings is 2. The first kappa shape index (κ1) is 13.9. The van der Waals surface area contributed by atoms with E-state index in [1.807, 2.05) is 48.5 Å². The molecule has 0 heterocycles. The molecular formula is C18H16O2. The normalized spacial score (nSPS) is 9.50. The molecule has 2 aromatic carbocycles. The van der Waals surface area contributed by atoms with Crippen molar-refractivity contribution in [2.24, 2.45) is 0 Å². The van der Waals surface area contributed by atoms with Crippen LogP contribution in [0.4, 0.5) is 0 Å². The van der Waals surface area contributed by atoms with Crippen molar-refractivity contribution in [3.8, 4) is 17.6 Å². The molecule has 2 heteroatoms. The summed E-state index contributed by atoms with van der Waals surface area (Å²) in [5.41, 5.74) is 2.72. The molecule has 0 atom stereocenters. The van der Waals surface area contributed by atoms with Crippen molar-refractivity contribution in [2.45, 2.75) is 13.3 Å². The number of Topliss-reactive ketones (excluding diaryl/α,β-unsaturated/α-hetero) is 1. The second kappa shape index (κ2) is 6.58. The fourth-order valence-corrected chi connectivity index (χ4v) is 1.89. The molecule has 20 heavy (non-hydrogen) atoms. The minimum Gasteiger partial charge on any atom is -0.497 e. The number of ether oxygens (including phenoxy) is 1. The van der Waals surface area contributed by atoms with Gasteiger partial charge in [-0.15, -0.1) is 0 Å². The molecule has 0 spiro atoms. The molecule has 0 saturated carbocycles. The molecule has 0 aliphatic rings. The monoisotopic (exact) mass is 264 g/mol. The maximum atomic E-state index is 11.4. The summed E-state index contributed by atoms with van der Waals surface area (Å²) >= 11 is 0. The van der Waals surface area contributed by atoms with Gasteiger partial charge >= 0.3 is 0 Å². The molecular weight excluding hydrogens is 248 g/mol. The molecule has 0 fully saturated rings. The molecule has 2 aromatic rings. The van der Waals surface area contributed by atoms with E-state index < -0.39 is 0 Å². The van der Waals surface area contributed by atoms with Crippen molar-refractivity contribution in [1.82, 2.24) is 0 Å². The molecule has 2 nitrogen and oxygen atoms in total. The Labute approximate surface area is 119 Å². The maximum absolute atomic E-state index is 11.4. The fraction of sp³-hybridized carbons (Fsp3) is 0.167. The molecule has 0 unspecified atom stereocenters. The zero-order chi connectivity index (χ0) is 14.4. The molecule has 100 valence electrons. The lowest BCUT2D eigenvalue weighted by molar-refractivity contribution is -0.116. The SMILES string of the molecule is COc1ccc(C#Cc2ccccc2)c(CC(C)=O)c1. The molecule has 0 aliphatic carbocycles. The van der Waals surface area contributed by atoms with Crippen LogP contribution in [0.15, 0.2) is 48.5 Å². The van der Waals surface area contributed by atoms with Crippen molar-refractivity contribution in [1.29, 1.82) is 0 Å². The molecule has 0 amide bonds. The number of carbonyl (C=O) groups is 1. The van der Waals surface area contributed by atoms with Gasteiger partial charge in [0.2, 0.25) is 0 Å². The predicted molar refractivity (Wildman–Crippen MR) is 79.8 cm³/mol. The Kier molecular flexibility index (Phi) is 4.57. The Bertz CT molecular complexity index is 661. The van der Waals surface area contributed by atoms with E-state index in [1.54, 1.807) is 14.0 Å². The summed E-state index contributed by atoms with van der Waals surface area (Å²) in [6.45, 7) is 1.58. The Hall–Kier alpha value is -2.53. The van der Waals surface area contributed by atoms with E-state index in [0.29, 0.717) is 6.42 Å². The van der Waals surface area contributed by atoms with Gasteiger partial charge < -0.3 is 4.74 Å². The van der Waals surface area contributed by atoms with Crippen LogP contribution in [0.25, 0.3) is 0 Å². The van der Waals surface area contributed by atoms with Gasteiger partial charge in [-0.25, -0.2) is 0 Å². The lowest BCUT2D eigenvalue weighted by atomic mass is 10.0. The minimum absolute atomic E-state index is 0.112. The van der Waals surface area contributed by atoms with Crippen molar-refractivity contribution in [3.63, 3.8) is 0 Å². The van der Waals surface area contributed by atoms with Crippen LogP contribution in [-0.2, 0) is 11.2 Å². The van der Waals surface area contributed by atoms with E-state index in [9.17, 15) is 4.79 Å². The lowest BCUT2D eigenvalue weighted by Crippen LogP contribution is -2.00. The van der Waals surface area contributed by atoms with E-state index in [1.165, 1.54) is 0 Å². The van der Waals surface area contributed by atoms with Crippen molar-refractivity contribution < 1.29 is 9.53 Å². The standard InChI is InChI=1S/C18H16O2/c1-14(19)12-17-13-18(20-2)11-10-16(17)9-8-15-6-4-3-5-7-15/h3-7,10-11,13H,12H2,1-2H3. The van der Waals surface area contributed by atoms with Crippen LogP contribution in [0.2, 0.25) is 0 Å². The Balaban J connectivity index is 2.36. The van der Waals surface area contributed by atoms with Gasteiger partial charge in [-0.3, -0.25) is 4.79 Å². The van der Waals surface area contributed by atoms with Crippen LogP contribution < -0.4 is 4.74 Å². The van der Waals surface area contributed by atoms with Crippen LogP contribution >= 0.6 is 0 Å². The van der Waals surface area contributed by atoms with Gasteiger partial charge in [0, 0.05) is 17.5 Å². The van der Waals surface area contributed by atoms with E-state index in [2.05, 4.69) is 11.8 Å². The summed E-state index contributed by atoms with van der Waals surface area (Å²) in [4.78, 5) is 11.4. The van der Waals surface area contributed by atoms with Crippen LogP contribution in [-0.4, -0.2) is 12.9 Å². The smallest absolute Gasteiger partial charge is 0.134 e. The third kappa shape index (κ3) is 3.73. The quantitative estimate of drug-likeness (QED) is 0.796. The summed E-state index contributed by atoms with van der Waals surface area (Å²) in [6, 6.07) is 15.4. The van der Waals surface area contributed by atoms with Crippen molar-refractivity contribution in [2.75, 3.05) is 7.11 Å². The van der Waals surface area contributed by atoms with Crippen LogP contribution in [0.3, 0.4) is 0 Å². The average molecular weight is 264 g/mol. The summed E-state index contributed by atoms with van der Waals surface area (Å²) in [7, 11) is 1.61. The van der Waals surface area contributed by atoms with Gasteiger partial charge in [0.25, 0.3) is 0 Å². The van der Waals surface area contributed by atoms with Gasteiger partial charge in [-0.05, 0) is 42.8 Å². The summed E-state index contributed by atoms with van der Waals surface area (Å²) in [5, 5.41) is 0. The minimum atomic E-state index is 0.112. The van der Waals surface area contributed by atoms with E-state index in [4.69, 9.17) is 4.74 Å². The highest BCUT2D eigenvalue weighted by atomic mass is 16.5.